The third kappa shape index (κ3) is 2.03. The molecular weight excluding hydrogens is 248 g/mol. The van der Waals surface area contributed by atoms with Crippen LogP contribution < -0.4 is 0 Å². The van der Waals surface area contributed by atoms with E-state index < -0.39 is 0 Å². The average molecular weight is 262 g/mol. The molecule has 3 nitrogen and oxygen atoms in total. The molecule has 1 heterocycles. The van der Waals surface area contributed by atoms with E-state index in [-0.39, 0.29) is 0 Å². The maximum atomic E-state index is 5.80. The number of nitrogens with zero attached hydrogens (tertiary/aromatic N) is 2. The van der Waals surface area contributed by atoms with Crippen molar-refractivity contribution in [2.45, 2.75) is 6.92 Å². The third-order valence-electron chi connectivity index (χ3n) is 3.13. The van der Waals surface area contributed by atoms with Gasteiger partial charge in [0.15, 0.2) is 11.6 Å². The van der Waals surface area contributed by atoms with Gasteiger partial charge in [0.05, 0.1) is 0 Å². The normalized spacial score (nSPS) is 18.4. The van der Waals surface area contributed by atoms with Crippen molar-refractivity contribution in [3.8, 4) is 0 Å². The fourth-order valence-electron chi connectivity index (χ4n) is 2.22. The first kappa shape index (κ1) is 12.4. The van der Waals surface area contributed by atoms with E-state index in [9.17, 15) is 0 Å². The Morgan fingerprint density at radius 1 is 1.15 bits per heavy atom. The van der Waals surface area contributed by atoms with Crippen LogP contribution in [0.4, 0.5) is 0 Å². The molecule has 0 N–H and O–H groups in total. The largest absolute Gasteiger partial charge is 0.435 e. The Morgan fingerprint density at radius 3 is 2.75 bits per heavy atom. The minimum Gasteiger partial charge on any atom is -0.435 e. The SMILES string of the molecule is C=CN=C1N=C(c2cccc3ccccc23)O/C1=C/C. The van der Waals surface area contributed by atoms with Crippen molar-refractivity contribution in [1.29, 1.82) is 0 Å². The van der Waals surface area contributed by atoms with Gasteiger partial charge in [-0.05, 0) is 29.8 Å². The first-order valence-corrected chi connectivity index (χ1v) is 6.43. The van der Waals surface area contributed by atoms with Crippen LogP contribution >= 0.6 is 0 Å². The predicted octanol–water partition coefficient (Wildman–Crippen LogP) is 4.06. The van der Waals surface area contributed by atoms with Gasteiger partial charge in [0.2, 0.25) is 5.90 Å². The van der Waals surface area contributed by atoms with E-state index in [1.54, 1.807) is 0 Å². The smallest absolute Gasteiger partial charge is 0.229 e. The van der Waals surface area contributed by atoms with Gasteiger partial charge in [-0.1, -0.05) is 43.0 Å². The summed E-state index contributed by atoms with van der Waals surface area (Å²) in [7, 11) is 0. The topological polar surface area (TPSA) is 34.0 Å². The van der Waals surface area contributed by atoms with Crippen LogP contribution in [0.15, 0.2) is 77.1 Å². The minimum atomic E-state index is 0.561. The molecule has 0 amide bonds. The average Bonchev–Trinajstić information content (AvgIpc) is 2.90. The van der Waals surface area contributed by atoms with Gasteiger partial charge in [-0.2, -0.15) is 4.99 Å². The maximum absolute atomic E-state index is 5.80. The lowest BCUT2D eigenvalue weighted by Crippen LogP contribution is -2.01. The Bertz CT molecular complexity index is 764. The number of ether oxygens (including phenoxy) is 1. The van der Waals surface area contributed by atoms with Gasteiger partial charge >= 0.3 is 0 Å². The van der Waals surface area contributed by atoms with Crippen molar-refractivity contribution in [1.82, 2.24) is 0 Å². The molecule has 0 aromatic heterocycles. The van der Waals surface area contributed by atoms with Crippen LogP contribution in [0.2, 0.25) is 0 Å². The molecule has 2 aromatic carbocycles. The molecule has 0 radical (unpaired) electrons. The van der Waals surface area contributed by atoms with Gasteiger partial charge < -0.3 is 4.74 Å². The van der Waals surface area contributed by atoms with Crippen molar-refractivity contribution < 1.29 is 4.74 Å². The highest BCUT2D eigenvalue weighted by Crippen LogP contribution is 2.24. The van der Waals surface area contributed by atoms with E-state index in [0.29, 0.717) is 17.5 Å². The second-order valence-electron chi connectivity index (χ2n) is 4.33. The molecule has 3 heteroatoms. The molecule has 3 rings (SSSR count). The lowest BCUT2D eigenvalue weighted by atomic mass is 10.0. The molecule has 0 saturated heterocycles. The molecule has 1 aliphatic heterocycles. The second-order valence-corrected chi connectivity index (χ2v) is 4.33. The minimum absolute atomic E-state index is 0.561. The van der Waals surface area contributed by atoms with E-state index in [1.807, 2.05) is 37.3 Å². The van der Waals surface area contributed by atoms with Crippen LogP contribution in [0.1, 0.15) is 12.5 Å². The number of hydrogen-bond acceptors (Lipinski definition) is 2. The van der Waals surface area contributed by atoms with E-state index in [1.165, 1.54) is 6.20 Å². The standard InChI is InChI=1S/C17H14N2O/c1-3-15-16(18-4-2)19-17(20-15)14-11-7-9-12-8-5-6-10-13(12)14/h3-11H,2H2,1H3/b15-3+,18-16?. The zero-order valence-corrected chi connectivity index (χ0v) is 11.2. The fraction of sp³-hybridized carbons (Fsp3) is 0.0588. The Hall–Kier alpha value is -2.68. The second kappa shape index (κ2) is 5.13. The summed E-state index contributed by atoms with van der Waals surface area (Å²) in [5.74, 6) is 1.80. The molecule has 0 fully saturated rings. The molecule has 2 aromatic rings. The molecule has 20 heavy (non-hydrogen) atoms. The van der Waals surface area contributed by atoms with E-state index in [2.05, 4.69) is 34.8 Å². The molecule has 0 spiro atoms. The Kier molecular flexibility index (Phi) is 3.17. The summed E-state index contributed by atoms with van der Waals surface area (Å²) in [6.07, 6.45) is 3.32. The number of fused-ring (bicyclic) bond motifs is 1. The summed E-state index contributed by atoms with van der Waals surface area (Å²) in [5, 5.41) is 2.27. The van der Waals surface area contributed by atoms with Crippen LogP contribution in [0.3, 0.4) is 0 Å². The zero-order valence-electron chi connectivity index (χ0n) is 11.2. The van der Waals surface area contributed by atoms with Gasteiger partial charge in [-0.25, -0.2) is 4.99 Å². The lowest BCUT2D eigenvalue weighted by molar-refractivity contribution is 0.460. The quantitative estimate of drug-likeness (QED) is 0.803. The molecule has 0 saturated carbocycles. The van der Waals surface area contributed by atoms with Crippen molar-refractivity contribution in [3.05, 3.63) is 72.6 Å². The van der Waals surface area contributed by atoms with Crippen molar-refractivity contribution in [3.63, 3.8) is 0 Å². The molecule has 1 aliphatic rings. The van der Waals surface area contributed by atoms with Gasteiger partial charge in [0.1, 0.15) is 0 Å². The zero-order chi connectivity index (χ0) is 13.9. The Morgan fingerprint density at radius 2 is 1.95 bits per heavy atom. The number of aliphatic imine (C=N–C) groups is 2. The maximum Gasteiger partial charge on any atom is 0.229 e. The highest BCUT2D eigenvalue weighted by Gasteiger charge is 2.22. The van der Waals surface area contributed by atoms with Gasteiger partial charge in [-0.15, -0.1) is 0 Å². The van der Waals surface area contributed by atoms with Crippen molar-refractivity contribution in [2.24, 2.45) is 9.98 Å². The molecule has 0 unspecified atom stereocenters. The number of rotatable bonds is 2. The van der Waals surface area contributed by atoms with E-state index in [0.717, 1.165) is 16.3 Å². The number of hydrogen-bond donors (Lipinski definition) is 0. The summed E-state index contributed by atoms with van der Waals surface area (Å²) in [5.41, 5.74) is 0.969. The summed E-state index contributed by atoms with van der Waals surface area (Å²) >= 11 is 0. The Labute approximate surface area is 117 Å². The number of benzene rings is 2. The van der Waals surface area contributed by atoms with Gasteiger partial charge in [-0.3, -0.25) is 0 Å². The highest BCUT2D eigenvalue weighted by atomic mass is 16.5. The van der Waals surface area contributed by atoms with Crippen LogP contribution in [0, 0.1) is 0 Å². The molecule has 0 aliphatic carbocycles. The third-order valence-corrected chi connectivity index (χ3v) is 3.13. The fourth-order valence-corrected chi connectivity index (χ4v) is 2.22. The summed E-state index contributed by atoms with van der Waals surface area (Å²) in [4.78, 5) is 8.59. The first-order chi connectivity index (χ1) is 9.83. The van der Waals surface area contributed by atoms with Crippen LogP contribution in [0.5, 0.6) is 0 Å². The van der Waals surface area contributed by atoms with E-state index in [4.69, 9.17) is 4.74 Å². The molecule has 0 atom stereocenters. The summed E-state index contributed by atoms with van der Waals surface area (Å²) in [6.45, 7) is 5.50. The van der Waals surface area contributed by atoms with Crippen LogP contribution in [0.25, 0.3) is 10.8 Å². The molecule has 0 bridgehead atoms. The predicted molar refractivity (Wildman–Crippen MR) is 83.0 cm³/mol. The molecule has 98 valence electrons. The summed E-state index contributed by atoms with van der Waals surface area (Å²) in [6, 6.07) is 14.2. The first-order valence-electron chi connectivity index (χ1n) is 6.43. The van der Waals surface area contributed by atoms with Crippen molar-refractivity contribution in [2.75, 3.05) is 0 Å². The highest BCUT2D eigenvalue weighted by molar-refractivity contribution is 6.18. The summed E-state index contributed by atoms with van der Waals surface area (Å²) < 4.78 is 5.80. The van der Waals surface area contributed by atoms with Crippen molar-refractivity contribution >= 4 is 22.5 Å². The number of amidine groups is 1. The van der Waals surface area contributed by atoms with Gasteiger partial charge in [0, 0.05) is 11.8 Å². The Balaban J connectivity index is 2.15. The lowest BCUT2D eigenvalue weighted by Gasteiger charge is -2.05. The van der Waals surface area contributed by atoms with Crippen LogP contribution in [-0.2, 0) is 4.74 Å². The van der Waals surface area contributed by atoms with Gasteiger partial charge in [0.25, 0.3) is 0 Å². The molecular formula is C17H14N2O. The number of allylic oxidation sites excluding steroid dienone is 1. The van der Waals surface area contributed by atoms with Crippen LogP contribution in [-0.4, -0.2) is 11.7 Å². The monoisotopic (exact) mass is 262 g/mol. The van der Waals surface area contributed by atoms with E-state index >= 15 is 0 Å².